The fourth-order valence-corrected chi connectivity index (χ4v) is 5.73. The molecule has 4 heteroatoms. The largest absolute Gasteiger partial charge is 0.352 e. The molecule has 1 aliphatic heterocycles. The summed E-state index contributed by atoms with van der Waals surface area (Å²) in [5.74, 6) is -0.0944. The fourth-order valence-electron chi connectivity index (χ4n) is 4.48. The van der Waals surface area contributed by atoms with Crippen molar-refractivity contribution in [2.75, 3.05) is 0 Å². The van der Waals surface area contributed by atoms with E-state index in [1.807, 2.05) is 30.3 Å². The minimum atomic E-state index is -0.263. The molecule has 144 valence electrons. The first kappa shape index (κ1) is 19.1. The minimum absolute atomic E-state index is 0.0607. The lowest BCUT2D eigenvalue weighted by Crippen LogP contribution is -2.37. The van der Waals surface area contributed by atoms with E-state index in [1.54, 1.807) is 11.8 Å². The topological polar surface area (TPSA) is 52.9 Å². The molecule has 0 aromatic heterocycles. The summed E-state index contributed by atoms with van der Waals surface area (Å²) in [5, 5.41) is 14.9. The second kappa shape index (κ2) is 7.64. The zero-order valence-electron chi connectivity index (χ0n) is 16.5. The third-order valence-electron chi connectivity index (χ3n) is 5.74. The molecule has 3 nitrogen and oxygen atoms in total. The van der Waals surface area contributed by atoms with Crippen molar-refractivity contribution in [3.05, 3.63) is 69.9 Å². The van der Waals surface area contributed by atoms with Crippen molar-refractivity contribution in [3.8, 4) is 6.07 Å². The molecule has 2 aliphatic carbocycles. The molecule has 1 aromatic rings. The van der Waals surface area contributed by atoms with Crippen molar-refractivity contribution in [2.24, 2.45) is 5.41 Å². The Bertz CT molecular complexity index is 918. The summed E-state index contributed by atoms with van der Waals surface area (Å²) in [6.07, 6.45) is 9.31. The maximum Gasteiger partial charge on any atom is 0.162 e. The zero-order chi connectivity index (χ0) is 19.7. The number of hydrogen-bond donors (Lipinski definition) is 1. The van der Waals surface area contributed by atoms with Crippen LogP contribution in [0.25, 0.3) is 0 Å². The molecule has 0 saturated heterocycles. The van der Waals surface area contributed by atoms with Crippen LogP contribution in [0.5, 0.6) is 0 Å². The van der Waals surface area contributed by atoms with Crippen LogP contribution in [0.15, 0.2) is 64.4 Å². The standard InChI is InChI=1S/C24H26N2OS/c1-24(2)13-19-22(20(27)14-24)21(16-9-5-3-6-10-16)18(15-25)23(26-19)28-17-11-7-4-8-12-17/h3,5-7,9-11,17,21,26H,4,8,12-14H2,1-2H3/t17-,21+/m1/s1. The highest BCUT2D eigenvalue weighted by atomic mass is 32.2. The number of carbonyl (C=O) groups excluding carboxylic acids is 1. The van der Waals surface area contributed by atoms with E-state index >= 15 is 0 Å². The lowest BCUT2D eigenvalue weighted by molar-refractivity contribution is -0.118. The third-order valence-corrected chi connectivity index (χ3v) is 6.99. The molecule has 28 heavy (non-hydrogen) atoms. The van der Waals surface area contributed by atoms with E-state index in [1.165, 1.54) is 6.42 Å². The van der Waals surface area contributed by atoms with Gasteiger partial charge in [0.15, 0.2) is 5.78 Å². The second-order valence-electron chi connectivity index (χ2n) is 8.67. The number of ketones is 1. The SMILES string of the molecule is CC1(C)CC(=O)C2=C(C1)NC(S[C@@H]1C=CCCC1)=C(C#N)[C@@H]2c1ccccc1. The van der Waals surface area contributed by atoms with Gasteiger partial charge in [-0.05, 0) is 36.7 Å². The Labute approximate surface area is 171 Å². The molecule has 0 fully saturated rings. The van der Waals surface area contributed by atoms with E-state index in [4.69, 9.17) is 0 Å². The van der Waals surface area contributed by atoms with Gasteiger partial charge < -0.3 is 5.32 Å². The first-order valence-electron chi connectivity index (χ1n) is 10.0. The smallest absolute Gasteiger partial charge is 0.162 e. The molecule has 4 rings (SSSR count). The van der Waals surface area contributed by atoms with Gasteiger partial charge in [0.2, 0.25) is 0 Å². The molecule has 1 N–H and O–H groups in total. The summed E-state index contributed by atoms with van der Waals surface area (Å²) in [5.41, 5.74) is 3.46. The maximum atomic E-state index is 13.1. The predicted octanol–water partition coefficient (Wildman–Crippen LogP) is 5.59. The molecule has 1 heterocycles. The molecule has 2 atom stereocenters. The van der Waals surface area contributed by atoms with Gasteiger partial charge in [-0.25, -0.2) is 0 Å². The lowest BCUT2D eigenvalue weighted by atomic mass is 9.69. The van der Waals surface area contributed by atoms with Crippen LogP contribution in [0, 0.1) is 16.7 Å². The van der Waals surface area contributed by atoms with E-state index in [9.17, 15) is 10.1 Å². The van der Waals surface area contributed by atoms with Crippen LogP contribution in [-0.2, 0) is 4.79 Å². The number of nitrogens with one attached hydrogen (secondary N) is 1. The van der Waals surface area contributed by atoms with Crippen LogP contribution in [0.1, 0.15) is 57.4 Å². The molecule has 1 aromatic carbocycles. The second-order valence-corrected chi connectivity index (χ2v) is 9.92. The summed E-state index contributed by atoms with van der Waals surface area (Å²) in [7, 11) is 0. The Morgan fingerprint density at radius 2 is 2.00 bits per heavy atom. The van der Waals surface area contributed by atoms with Crippen molar-refractivity contribution in [1.82, 2.24) is 5.32 Å². The average molecular weight is 391 g/mol. The number of nitriles is 1. The van der Waals surface area contributed by atoms with Gasteiger partial charge in [0.05, 0.1) is 22.6 Å². The number of nitrogens with zero attached hydrogens (tertiary/aromatic N) is 1. The van der Waals surface area contributed by atoms with Crippen molar-refractivity contribution in [3.63, 3.8) is 0 Å². The summed E-state index contributed by atoms with van der Waals surface area (Å²) in [4.78, 5) is 13.1. The lowest BCUT2D eigenvalue weighted by Gasteiger charge is -2.39. The summed E-state index contributed by atoms with van der Waals surface area (Å²) < 4.78 is 0. The molecule has 0 saturated carbocycles. The highest BCUT2D eigenvalue weighted by Gasteiger charge is 2.42. The average Bonchev–Trinajstić information content (AvgIpc) is 2.67. The summed E-state index contributed by atoms with van der Waals surface area (Å²) >= 11 is 1.74. The Hall–Kier alpha value is -2.25. The van der Waals surface area contributed by atoms with Crippen LogP contribution < -0.4 is 5.32 Å². The van der Waals surface area contributed by atoms with E-state index in [-0.39, 0.29) is 17.1 Å². The van der Waals surface area contributed by atoms with Crippen LogP contribution in [-0.4, -0.2) is 11.0 Å². The Morgan fingerprint density at radius 1 is 1.21 bits per heavy atom. The first-order chi connectivity index (χ1) is 13.5. The molecule has 0 radical (unpaired) electrons. The summed E-state index contributed by atoms with van der Waals surface area (Å²) in [6.45, 7) is 4.29. The van der Waals surface area contributed by atoms with E-state index in [0.29, 0.717) is 17.2 Å². The zero-order valence-corrected chi connectivity index (χ0v) is 17.3. The number of hydrogen-bond acceptors (Lipinski definition) is 4. The first-order valence-corrected chi connectivity index (χ1v) is 10.9. The van der Waals surface area contributed by atoms with Gasteiger partial charge in [0.25, 0.3) is 0 Å². The third kappa shape index (κ3) is 3.69. The predicted molar refractivity (Wildman–Crippen MR) is 114 cm³/mol. The number of allylic oxidation sites excluding steroid dienone is 4. The molecule has 0 unspecified atom stereocenters. The van der Waals surface area contributed by atoms with E-state index in [2.05, 4.69) is 37.4 Å². The van der Waals surface area contributed by atoms with Crippen molar-refractivity contribution in [2.45, 2.75) is 57.1 Å². The molecular weight excluding hydrogens is 364 g/mol. The fraction of sp³-hybridized carbons (Fsp3) is 0.417. The van der Waals surface area contributed by atoms with Crippen LogP contribution in [0.3, 0.4) is 0 Å². The van der Waals surface area contributed by atoms with Gasteiger partial charge in [-0.3, -0.25) is 4.79 Å². The highest BCUT2D eigenvalue weighted by molar-refractivity contribution is 8.03. The molecule has 3 aliphatic rings. The normalized spacial score (nSPS) is 26.5. The number of benzene rings is 1. The molecule has 0 spiro atoms. The Morgan fingerprint density at radius 3 is 2.68 bits per heavy atom. The van der Waals surface area contributed by atoms with Gasteiger partial charge in [-0.2, -0.15) is 5.26 Å². The number of rotatable bonds is 3. The molecule has 0 bridgehead atoms. The van der Waals surface area contributed by atoms with Gasteiger partial charge in [-0.15, -0.1) is 0 Å². The van der Waals surface area contributed by atoms with Crippen molar-refractivity contribution in [1.29, 1.82) is 5.26 Å². The van der Waals surface area contributed by atoms with Gasteiger partial charge in [0, 0.05) is 22.9 Å². The summed E-state index contributed by atoms with van der Waals surface area (Å²) in [6, 6.07) is 12.5. The minimum Gasteiger partial charge on any atom is -0.352 e. The van der Waals surface area contributed by atoms with E-state index in [0.717, 1.165) is 41.1 Å². The number of carbonyl (C=O) groups is 1. The number of Topliss-reactive ketones (excluding diaryl/α,β-unsaturated/α-hetero) is 1. The number of thioether (sulfide) groups is 1. The van der Waals surface area contributed by atoms with Gasteiger partial charge in [0.1, 0.15) is 0 Å². The van der Waals surface area contributed by atoms with Crippen LogP contribution >= 0.6 is 11.8 Å². The van der Waals surface area contributed by atoms with Gasteiger partial charge >= 0.3 is 0 Å². The quantitative estimate of drug-likeness (QED) is 0.683. The van der Waals surface area contributed by atoms with Crippen molar-refractivity contribution >= 4 is 17.5 Å². The van der Waals surface area contributed by atoms with Crippen LogP contribution in [0.4, 0.5) is 0 Å². The highest BCUT2D eigenvalue weighted by Crippen LogP contribution is 2.48. The van der Waals surface area contributed by atoms with E-state index < -0.39 is 0 Å². The maximum absolute atomic E-state index is 13.1. The number of dihydropyridines is 1. The monoisotopic (exact) mass is 390 g/mol. The van der Waals surface area contributed by atoms with Crippen LogP contribution in [0.2, 0.25) is 0 Å². The Kier molecular flexibility index (Phi) is 5.21. The van der Waals surface area contributed by atoms with Gasteiger partial charge in [-0.1, -0.05) is 68.1 Å². The molecule has 0 amide bonds. The Balaban J connectivity index is 1.80. The van der Waals surface area contributed by atoms with Crippen molar-refractivity contribution < 1.29 is 4.79 Å². The molecular formula is C24H26N2OS.